The third-order valence-electron chi connectivity index (χ3n) is 4.12. The fraction of sp³-hybridized carbons (Fsp3) is 0.625. The van der Waals surface area contributed by atoms with Crippen LogP contribution in [0, 0.1) is 0 Å². The minimum Gasteiger partial charge on any atom is -0.396 e. The summed E-state index contributed by atoms with van der Waals surface area (Å²) in [6, 6.07) is 11.2. The van der Waals surface area contributed by atoms with Crippen LogP contribution >= 0.6 is 0 Å². The number of hydrogen-bond donors (Lipinski definition) is 2. The van der Waals surface area contributed by atoms with E-state index in [1.807, 2.05) is 6.07 Å². The molecular weight excluding hydrogens is 236 g/mol. The second-order valence-corrected chi connectivity index (χ2v) is 5.61. The average Bonchev–Trinajstić information content (AvgIpc) is 2.46. The molecule has 1 saturated heterocycles. The van der Waals surface area contributed by atoms with Gasteiger partial charge in [0.25, 0.3) is 0 Å². The summed E-state index contributed by atoms with van der Waals surface area (Å²) in [5.41, 5.74) is 1.33. The third-order valence-corrected chi connectivity index (χ3v) is 4.12. The number of nitrogens with zero attached hydrogens (tertiary/aromatic N) is 1. The molecule has 3 heteroatoms. The Labute approximate surface area is 116 Å². The molecule has 0 bridgehead atoms. The van der Waals surface area contributed by atoms with Gasteiger partial charge in [0.1, 0.15) is 0 Å². The van der Waals surface area contributed by atoms with Crippen molar-refractivity contribution in [3.05, 3.63) is 35.9 Å². The molecule has 2 rings (SSSR count). The summed E-state index contributed by atoms with van der Waals surface area (Å²) in [6.07, 6.45) is 3.30. The fourth-order valence-corrected chi connectivity index (χ4v) is 2.79. The summed E-state index contributed by atoms with van der Waals surface area (Å²) in [7, 11) is 2.19. The number of hydrogen-bond acceptors (Lipinski definition) is 3. The first-order valence-electron chi connectivity index (χ1n) is 7.37. The van der Waals surface area contributed by atoms with E-state index in [9.17, 15) is 5.11 Å². The number of rotatable bonds is 6. The van der Waals surface area contributed by atoms with E-state index in [0.29, 0.717) is 12.0 Å². The van der Waals surface area contributed by atoms with Crippen LogP contribution in [-0.4, -0.2) is 49.3 Å². The first-order valence-corrected chi connectivity index (χ1v) is 7.37. The van der Waals surface area contributed by atoms with E-state index in [4.69, 9.17) is 0 Å². The molecule has 106 valence electrons. The van der Waals surface area contributed by atoms with Crippen molar-refractivity contribution in [2.45, 2.75) is 31.2 Å². The van der Waals surface area contributed by atoms with Crippen LogP contribution in [0.2, 0.25) is 0 Å². The fourth-order valence-electron chi connectivity index (χ4n) is 2.79. The standard InChI is InChI=1S/C16H26N2O/c1-18-10-7-16(8-11-18)17-13-15(9-12-19)14-5-3-2-4-6-14/h2-6,15-17,19H,7-13H2,1H3. The Morgan fingerprint density at radius 2 is 1.95 bits per heavy atom. The molecule has 19 heavy (non-hydrogen) atoms. The summed E-state index contributed by atoms with van der Waals surface area (Å²) in [5, 5.41) is 12.9. The number of piperidine rings is 1. The van der Waals surface area contributed by atoms with Gasteiger partial charge in [0.15, 0.2) is 0 Å². The van der Waals surface area contributed by atoms with Gasteiger partial charge in [-0.1, -0.05) is 30.3 Å². The first-order chi connectivity index (χ1) is 9.29. The Kier molecular flexibility index (Phi) is 5.83. The highest BCUT2D eigenvalue weighted by Crippen LogP contribution is 2.19. The zero-order valence-corrected chi connectivity index (χ0v) is 11.9. The van der Waals surface area contributed by atoms with Crippen LogP contribution in [-0.2, 0) is 0 Å². The molecular formula is C16H26N2O. The topological polar surface area (TPSA) is 35.5 Å². The lowest BCUT2D eigenvalue weighted by molar-refractivity contribution is 0.228. The van der Waals surface area contributed by atoms with Crippen LogP contribution in [0.15, 0.2) is 30.3 Å². The lowest BCUT2D eigenvalue weighted by Crippen LogP contribution is -2.42. The van der Waals surface area contributed by atoms with Crippen LogP contribution in [0.1, 0.15) is 30.7 Å². The van der Waals surface area contributed by atoms with E-state index < -0.39 is 0 Å². The summed E-state index contributed by atoms with van der Waals surface area (Å²) in [5.74, 6) is 0.422. The molecule has 0 spiro atoms. The third kappa shape index (κ3) is 4.60. The number of aliphatic hydroxyl groups is 1. The van der Waals surface area contributed by atoms with Gasteiger partial charge >= 0.3 is 0 Å². The van der Waals surface area contributed by atoms with E-state index in [1.54, 1.807) is 0 Å². The number of benzene rings is 1. The van der Waals surface area contributed by atoms with Crippen LogP contribution in [0.3, 0.4) is 0 Å². The van der Waals surface area contributed by atoms with Crippen molar-refractivity contribution in [3.8, 4) is 0 Å². The van der Waals surface area contributed by atoms with Crippen LogP contribution < -0.4 is 5.32 Å². The SMILES string of the molecule is CN1CCC(NCC(CCO)c2ccccc2)CC1. The van der Waals surface area contributed by atoms with Gasteiger partial charge in [-0.05, 0) is 50.9 Å². The maximum absolute atomic E-state index is 9.24. The molecule has 1 aliphatic rings. The van der Waals surface area contributed by atoms with Gasteiger partial charge in [-0.2, -0.15) is 0 Å². The van der Waals surface area contributed by atoms with Crippen LogP contribution in [0.5, 0.6) is 0 Å². The van der Waals surface area contributed by atoms with Gasteiger partial charge in [-0.3, -0.25) is 0 Å². The molecule has 0 saturated carbocycles. The Morgan fingerprint density at radius 3 is 2.58 bits per heavy atom. The molecule has 0 aromatic heterocycles. The average molecular weight is 262 g/mol. The lowest BCUT2D eigenvalue weighted by Gasteiger charge is -2.31. The maximum Gasteiger partial charge on any atom is 0.0437 e. The molecule has 1 fully saturated rings. The van der Waals surface area contributed by atoms with Crippen LogP contribution in [0.25, 0.3) is 0 Å². The first kappa shape index (κ1) is 14.5. The Bertz CT molecular complexity index is 347. The Balaban J connectivity index is 1.84. The van der Waals surface area contributed by atoms with E-state index >= 15 is 0 Å². The van der Waals surface area contributed by atoms with Crippen molar-refractivity contribution in [2.24, 2.45) is 0 Å². The molecule has 1 aromatic carbocycles. The lowest BCUT2D eigenvalue weighted by atomic mass is 9.95. The van der Waals surface area contributed by atoms with Gasteiger partial charge in [-0.15, -0.1) is 0 Å². The number of nitrogens with one attached hydrogen (secondary N) is 1. The molecule has 0 aliphatic carbocycles. The maximum atomic E-state index is 9.24. The van der Waals surface area contributed by atoms with Crippen molar-refractivity contribution in [2.75, 3.05) is 33.3 Å². The molecule has 3 nitrogen and oxygen atoms in total. The monoisotopic (exact) mass is 262 g/mol. The Hall–Kier alpha value is -0.900. The second kappa shape index (κ2) is 7.63. The summed E-state index contributed by atoms with van der Waals surface area (Å²) < 4.78 is 0. The largest absolute Gasteiger partial charge is 0.396 e. The van der Waals surface area contributed by atoms with Crippen molar-refractivity contribution in [1.29, 1.82) is 0 Å². The van der Waals surface area contributed by atoms with Crippen molar-refractivity contribution >= 4 is 0 Å². The van der Waals surface area contributed by atoms with Crippen molar-refractivity contribution < 1.29 is 5.11 Å². The van der Waals surface area contributed by atoms with Gasteiger partial charge in [0.2, 0.25) is 0 Å². The van der Waals surface area contributed by atoms with E-state index in [1.165, 1.54) is 31.5 Å². The minimum atomic E-state index is 0.259. The summed E-state index contributed by atoms with van der Waals surface area (Å²) >= 11 is 0. The molecule has 1 heterocycles. The molecule has 2 N–H and O–H groups in total. The van der Waals surface area contributed by atoms with Gasteiger partial charge in [-0.25, -0.2) is 0 Å². The second-order valence-electron chi connectivity index (χ2n) is 5.61. The Morgan fingerprint density at radius 1 is 1.26 bits per heavy atom. The zero-order chi connectivity index (χ0) is 13.5. The van der Waals surface area contributed by atoms with E-state index in [0.717, 1.165) is 13.0 Å². The predicted octanol–water partition coefficient (Wildman–Crippen LogP) is 1.84. The zero-order valence-electron chi connectivity index (χ0n) is 11.9. The summed E-state index contributed by atoms with van der Waals surface area (Å²) in [6.45, 7) is 3.61. The number of likely N-dealkylation sites (tertiary alicyclic amines) is 1. The predicted molar refractivity (Wildman–Crippen MR) is 79.4 cm³/mol. The molecule has 1 atom stereocenters. The normalized spacial score (nSPS) is 19.5. The van der Waals surface area contributed by atoms with E-state index in [2.05, 4.69) is 41.5 Å². The van der Waals surface area contributed by atoms with Gasteiger partial charge in [0, 0.05) is 19.2 Å². The summed E-state index contributed by atoms with van der Waals surface area (Å²) in [4.78, 5) is 2.39. The molecule has 1 unspecified atom stereocenters. The molecule has 1 aromatic rings. The highest BCUT2D eigenvalue weighted by atomic mass is 16.3. The van der Waals surface area contributed by atoms with Gasteiger partial charge < -0.3 is 15.3 Å². The van der Waals surface area contributed by atoms with Crippen molar-refractivity contribution in [3.63, 3.8) is 0 Å². The van der Waals surface area contributed by atoms with Crippen LogP contribution in [0.4, 0.5) is 0 Å². The number of aliphatic hydroxyl groups excluding tert-OH is 1. The molecule has 1 aliphatic heterocycles. The van der Waals surface area contributed by atoms with Gasteiger partial charge in [0.05, 0.1) is 0 Å². The molecule has 0 amide bonds. The minimum absolute atomic E-state index is 0.259. The molecule has 0 radical (unpaired) electrons. The quantitative estimate of drug-likeness (QED) is 0.821. The van der Waals surface area contributed by atoms with E-state index in [-0.39, 0.29) is 6.61 Å². The van der Waals surface area contributed by atoms with Crippen molar-refractivity contribution in [1.82, 2.24) is 10.2 Å². The smallest absolute Gasteiger partial charge is 0.0437 e. The highest BCUT2D eigenvalue weighted by Gasteiger charge is 2.18. The highest BCUT2D eigenvalue weighted by molar-refractivity contribution is 5.19.